The largest absolute Gasteiger partial charge is 0.385 e. The van der Waals surface area contributed by atoms with E-state index in [1.165, 1.54) is 0 Å². The van der Waals surface area contributed by atoms with Crippen LogP contribution in [0.2, 0.25) is 0 Å². The maximum absolute atomic E-state index is 11.8. The van der Waals surface area contributed by atoms with E-state index in [9.17, 15) is 23.3 Å². The molecular weight excluding hydrogens is 308 g/mol. The number of carbonyl (C=O) groups excluding carboxylic acids is 1. The molecule has 0 aliphatic carbocycles. The number of nitrogens with zero attached hydrogens (tertiary/aromatic N) is 1. The summed E-state index contributed by atoms with van der Waals surface area (Å²) in [7, 11) is -3.90. The summed E-state index contributed by atoms with van der Waals surface area (Å²) in [5, 5.41) is 12.9. The number of sulfonamides is 1. The van der Waals surface area contributed by atoms with E-state index >= 15 is 0 Å². The van der Waals surface area contributed by atoms with Crippen LogP contribution in [0.15, 0.2) is 10.3 Å². The van der Waals surface area contributed by atoms with Crippen molar-refractivity contribution in [1.29, 1.82) is 0 Å². The van der Waals surface area contributed by atoms with Crippen molar-refractivity contribution < 1.29 is 18.1 Å². The highest BCUT2D eigenvalue weighted by atomic mass is 32.2. The van der Waals surface area contributed by atoms with Crippen LogP contribution in [0, 0.1) is 10.1 Å². The number of hydrogen-bond acceptors (Lipinski definition) is 7. The smallest absolute Gasteiger partial charge is 0.304 e. The second-order valence-electron chi connectivity index (χ2n) is 3.67. The van der Waals surface area contributed by atoms with Gasteiger partial charge in [-0.1, -0.05) is 11.3 Å². The van der Waals surface area contributed by atoms with Crippen molar-refractivity contribution in [2.45, 2.75) is 17.6 Å². The molecule has 0 saturated heterocycles. The average Bonchev–Trinajstić information content (AvgIpc) is 2.72. The predicted octanol–water partition coefficient (Wildman–Crippen LogP) is 0.0430. The number of rotatable bonds is 7. The molecule has 0 fully saturated rings. The van der Waals surface area contributed by atoms with Gasteiger partial charge >= 0.3 is 5.69 Å². The van der Waals surface area contributed by atoms with Crippen LogP contribution in [-0.4, -0.2) is 32.3 Å². The van der Waals surface area contributed by atoms with Crippen LogP contribution in [0.1, 0.15) is 13.3 Å². The Morgan fingerprint density at radius 2 is 2.20 bits per heavy atom. The van der Waals surface area contributed by atoms with Crippen molar-refractivity contribution in [2.24, 2.45) is 0 Å². The number of nitrogens with two attached hydrogens (primary N) is 1. The zero-order chi connectivity index (χ0) is 15.3. The molecule has 0 aromatic carbocycles. The van der Waals surface area contributed by atoms with Crippen LogP contribution in [0.25, 0.3) is 0 Å². The number of nitro groups is 1. The molecule has 0 unspecified atom stereocenters. The Kier molecular flexibility index (Phi) is 5.42. The quantitative estimate of drug-likeness (QED) is 0.477. The molecule has 0 atom stereocenters. The fourth-order valence-electron chi connectivity index (χ4n) is 1.30. The first kappa shape index (κ1) is 16.3. The molecule has 11 heteroatoms. The van der Waals surface area contributed by atoms with Crippen molar-refractivity contribution in [1.82, 2.24) is 10.0 Å². The summed E-state index contributed by atoms with van der Waals surface area (Å²) in [6.07, 6.45) is -0.0178. The summed E-state index contributed by atoms with van der Waals surface area (Å²) >= 11 is 0.604. The molecule has 1 rings (SSSR count). The Labute approximate surface area is 119 Å². The van der Waals surface area contributed by atoms with Crippen LogP contribution < -0.4 is 15.8 Å². The van der Waals surface area contributed by atoms with E-state index in [4.69, 9.17) is 5.73 Å². The first-order valence-electron chi connectivity index (χ1n) is 5.58. The van der Waals surface area contributed by atoms with Gasteiger partial charge in [0, 0.05) is 25.6 Å². The van der Waals surface area contributed by atoms with Crippen molar-refractivity contribution in [2.75, 3.05) is 18.8 Å². The standard InChI is InChI=1S/C9H14N4O5S2/c1-2-11-7(14)3-4-12-20(17,18)8-5-6(13(15)16)9(10)19-8/h5,12H,2-4,10H2,1H3,(H,11,14). The summed E-state index contributed by atoms with van der Waals surface area (Å²) in [6.45, 7) is 2.11. The van der Waals surface area contributed by atoms with Gasteiger partial charge in [-0.05, 0) is 6.92 Å². The first-order chi connectivity index (χ1) is 9.27. The molecule has 1 aromatic rings. The Balaban J connectivity index is 2.72. The van der Waals surface area contributed by atoms with Gasteiger partial charge in [-0.25, -0.2) is 13.1 Å². The molecule has 4 N–H and O–H groups in total. The fraction of sp³-hybridized carbons (Fsp3) is 0.444. The topological polar surface area (TPSA) is 144 Å². The maximum atomic E-state index is 11.8. The lowest BCUT2D eigenvalue weighted by atomic mass is 10.4. The molecule has 1 heterocycles. The Hall–Kier alpha value is -1.72. The van der Waals surface area contributed by atoms with Gasteiger partial charge in [-0.15, -0.1) is 0 Å². The number of nitrogen functional groups attached to an aromatic ring is 1. The molecule has 9 nitrogen and oxygen atoms in total. The van der Waals surface area contributed by atoms with E-state index in [0.29, 0.717) is 17.9 Å². The van der Waals surface area contributed by atoms with Crippen molar-refractivity contribution >= 4 is 38.0 Å². The normalized spacial score (nSPS) is 11.2. The van der Waals surface area contributed by atoms with Crippen molar-refractivity contribution in [3.05, 3.63) is 16.2 Å². The van der Waals surface area contributed by atoms with Crippen LogP contribution >= 0.6 is 11.3 Å². The van der Waals surface area contributed by atoms with Crippen molar-refractivity contribution in [3.8, 4) is 0 Å². The van der Waals surface area contributed by atoms with E-state index in [1.54, 1.807) is 6.92 Å². The molecule has 0 radical (unpaired) electrons. The Bertz CT molecular complexity index is 610. The van der Waals surface area contributed by atoms with Gasteiger partial charge in [0.25, 0.3) is 0 Å². The highest BCUT2D eigenvalue weighted by Gasteiger charge is 2.24. The summed E-state index contributed by atoms with van der Waals surface area (Å²) in [5.41, 5.74) is 4.93. The minimum atomic E-state index is -3.90. The molecule has 0 saturated carbocycles. The SMILES string of the molecule is CCNC(=O)CCNS(=O)(=O)c1cc([N+](=O)[O-])c(N)s1. The van der Waals surface area contributed by atoms with E-state index in [-0.39, 0.29) is 28.1 Å². The third-order valence-electron chi connectivity index (χ3n) is 2.20. The highest BCUT2D eigenvalue weighted by Crippen LogP contribution is 2.34. The molecule has 0 aliphatic heterocycles. The van der Waals surface area contributed by atoms with Gasteiger partial charge in [0.05, 0.1) is 4.92 Å². The minimum absolute atomic E-state index is 0.0178. The Morgan fingerprint density at radius 1 is 1.55 bits per heavy atom. The minimum Gasteiger partial charge on any atom is -0.385 e. The van der Waals surface area contributed by atoms with Crippen LogP contribution in [-0.2, 0) is 14.8 Å². The summed E-state index contributed by atoms with van der Waals surface area (Å²) in [6, 6.07) is 0.897. The average molecular weight is 322 g/mol. The van der Waals surface area contributed by atoms with Gasteiger partial charge in [0.2, 0.25) is 15.9 Å². The molecule has 1 amide bonds. The lowest BCUT2D eigenvalue weighted by molar-refractivity contribution is -0.383. The van der Waals surface area contributed by atoms with Gasteiger partial charge in [-0.2, -0.15) is 0 Å². The second kappa shape index (κ2) is 6.63. The predicted molar refractivity (Wildman–Crippen MR) is 73.9 cm³/mol. The number of thiophene rings is 1. The lowest BCUT2D eigenvalue weighted by Crippen LogP contribution is -2.30. The van der Waals surface area contributed by atoms with Crippen molar-refractivity contribution in [3.63, 3.8) is 0 Å². The van der Waals surface area contributed by atoms with Gasteiger partial charge in [-0.3, -0.25) is 14.9 Å². The zero-order valence-electron chi connectivity index (χ0n) is 10.6. The number of nitrogens with one attached hydrogen (secondary N) is 2. The lowest BCUT2D eigenvalue weighted by Gasteiger charge is -2.04. The number of hydrogen-bond donors (Lipinski definition) is 3. The summed E-state index contributed by atoms with van der Waals surface area (Å²) < 4.78 is 25.6. The maximum Gasteiger partial charge on any atom is 0.304 e. The van der Waals surface area contributed by atoms with E-state index < -0.39 is 20.6 Å². The third kappa shape index (κ3) is 4.15. The first-order valence-corrected chi connectivity index (χ1v) is 7.88. The Morgan fingerprint density at radius 3 is 2.70 bits per heavy atom. The van der Waals surface area contributed by atoms with Crippen LogP contribution in [0.5, 0.6) is 0 Å². The monoisotopic (exact) mass is 322 g/mol. The third-order valence-corrected chi connectivity index (χ3v) is 5.09. The molecule has 20 heavy (non-hydrogen) atoms. The van der Waals surface area contributed by atoms with E-state index in [0.717, 1.165) is 6.07 Å². The molecule has 112 valence electrons. The van der Waals surface area contributed by atoms with Gasteiger partial charge in [0.1, 0.15) is 4.21 Å². The van der Waals surface area contributed by atoms with Gasteiger partial charge in [0.15, 0.2) is 5.00 Å². The molecule has 0 bridgehead atoms. The summed E-state index contributed by atoms with van der Waals surface area (Å²) in [5.74, 6) is -0.285. The van der Waals surface area contributed by atoms with E-state index in [2.05, 4.69) is 10.0 Å². The second-order valence-corrected chi connectivity index (χ2v) is 6.75. The van der Waals surface area contributed by atoms with Crippen LogP contribution in [0.4, 0.5) is 10.7 Å². The highest BCUT2D eigenvalue weighted by molar-refractivity contribution is 7.91. The number of amides is 1. The van der Waals surface area contributed by atoms with E-state index in [1.807, 2.05) is 0 Å². The molecule has 1 aromatic heterocycles. The summed E-state index contributed by atoms with van der Waals surface area (Å²) in [4.78, 5) is 21.0. The van der Waals surface area contributed by atoms with Gasteiger partial charge < -0.3 is 11.1 Å². The van der Waals surface area contributed by atoms with Crippen LogP contribution in [0.3, 0.4) is 0 Å². The molecular formula is C9H14N4O5S2. The number of anilines is 1. The number of carbonyl (C=O) groups is 1. The molecule has 0 aliphatic rings. The molecule has 0 spiro atoms. The fourth-order valence-corrected chi connectivity index (χ4v) is 3.59. The zero-order valence-corrected chi connectivity index (χ0v) is 12.2.